The lowest BCUT2D eigenvalue weighted by molar-refractivity contribution is -0.136. The number of alkyl halides is 2. The maximum Gasteiger partial charge on any atom is 0.307 e. The zero-order valence-electron chi connectivity index (χ0n) is 8.96. The SMILES string of the molecule is COc1c(CC(=O)O)cccc1C(C)(F)F. The molecule has 0 spiro atoms. The van der Waals surface area contributed by atoms with Crippen molar-refractivity contribution < 1.29 is 23.4 Å². The number of carbonyl (C=O) groups is 1. The molecule has 5 heteroatoms. The van der Waals surface area contributed by atoms with Gasteiger partial charge in [0.25, 0.3) is 5.92 Å². The Bertz CT molecular complexity index is 397. The lowest BCUT2D eigenvalue weighted by Crippen LogP contribution is -2.12. The highest BCUT2D eigenvalue weighted by Gasteiger charge is 2.29. The molecule has 0 radical (unpaired) electrons. The molecule has 3 nitrogen and oxygen atoms in total. The molecule has 0 heterocycles. The van der Waals surface area contributed by atoms with Gasteiger partial charge in [-0.1, -0.05) is 12.1 Å². The number of para-hydroxylation sites is 1. The normalized spacial score (nSPS) is 11.2. The van der Waals surface area contributed by atoms with Gasteiger partial charge in [-0.2, -0.15) is 0 Å². The van der Waals surface area contributed by atoms with Gasteiger partial charge < -0.3 is 9.84 Å². The van der Waals surface area contributed by atoms with E-state index in [0.29, 0.717) is 0 Å². The molecule has 1 aromatic rings. The lowest BCUT2D eigenvalue weighted by atomic mass is 10.0. The summed E-state index contributed by atoms with van der Waals surface area (Å²) in [5.41, 5.74) is -0.0530. The number of carboxylic acids is 1. The van der Waals surface area contributed by atoms with E-state index in [0.717, 1.165) is 6.92 Å². The molecule has 0 unspecified atom stereocenters. The van der Waals surface area contributed by atoms with Crippen molar-refractivity contribution in [3.8, 4) is 5.75 Å². The minimum atomic E-state index is -3.06. The van der Waals surface area contributed by atoms with Crippen LogP contribution in [0.15, 0.2) is 18.2 Å². The van der Waals surface area contributed by atoms with Gasteiger partial charge in [0, 0.05) is 12.5 Å². The zero-order valence-corrected chi connectivity index (χ0v) is 8.96. The highest BCUT2D eigenvalue weighted by atomic mass is 19.3. The van der Waals surface area contributed by atoms with Crippen LogP contribution in [0.3, 0.4) is 0 Å². The quantitative estimate of drug-likeness (QED) is 0.864. The number of hydrogen-bond donors (Lipinski definition) is 1. The summed E-state index contributed by atoms with van der Waals surface area (Å²) in [6, 6.07) is 4.08. The minimum absolute atomic E-state index is 0.0580. The standard InChI is InChI=1S/C11H12F2O3/c1-11(12,13)8-5-3-4-7(6-9(14)15)10(8)16-2/h3-5H,6H2,1-2H3,(H,14,15). The first-order chi connectivity index (χ1) is 7.36. The molecule has 0 aromatic heterocycles. The Morgan fingerprint density at radius 3 is 2.56 bits per heavy atom. The summed E-state index contributed by atoms with van der Waals surface area (Å²) in [6.07, 6.45) is -0.340. The number of carboxylic acid groups (broad SMARTS) is 1. The van der Waals surface area contributed by atoms with Crippen molar-refractivity contribution in [3.63, 3.8) is 0 Å². The molecule has 0 bridgehead atoms. The predicted octanol–water partition coefficient (Wildman–Crippen LogP) is 2.43. The second kappa shape index (κ2) is 4.47. The zero-order chi connectivity index (χ0) is 12.3. The van der Waals surface area contributed by atoms with Crippen LogP contribution in [0.4, 0.5) is 8.78 Å². The largest absolute Gasteiger partial charge is 0.496 e. The van der Waals surface area contributed by atoms with Crippen molar-refractivity contribution in [1.29, 1.82) is 0 Å². The van der Waals surface area contributed by atoms with Crippen LogP contribution in [0, 0.1) is 0 Å². The Kier molecular flexibility index (Phi) is 3.47. The van der Waals surface area contributed by atoms with Crippen LogP contribution in [-0.2, 0) is 17.1 Å². The Hall–Kier alpha value is -1.65. The van der Waals surface area contributed by atoms with E-state index in [4.69, 9.17) is 9.84 Å². The van der Waals surface area contributed by atoms with E-state index < -0.39 is 11.9 Å². The fraction of sp³-hybridized carbons (Fsp3) is 0.364. The molecule has 16 heavy (non-hydrogen) atoms. The van der Waals surface area contributed by atoms with E-state index in [9.17, 15) is 13.6 Å². The summed E-state index contributed by atoms with van der Waals surface area (Å²) in [6.45, 7) is 0.745. The van der Waals surface area contributed by atoms with Gasteiger partial charge in [0.1, 0.15) is 5.75 Å². The molecule has 0 aliphatic heterocycles. The van der Waals surface area contributed by atoms with Crippen LogP contribution in [0.25, 0.3) is 0 Å². The van der Waals surface area contributed by atoms with Crippen LogP contribution in [0.5, 0.6) is 5.75 Å². The molecule has 0 fully saturated rings. The molecule has 1 rings (SSSR count). The molecule has 0 saturated carbocycles. The third-order valence-corrected chi connectivity index (χ3v) is 2.12. The van der Waals surface area contributed by atoms with Crippen molar-refractivity contribution in [3.05, 3.63) is 29.3 Å². The molecule has 88 valence electrons. The van der Waals surface area contributed by atoms with Gasteiger partial charge >= 0.3 is 5.97 Å². The summed E-state index contributed by atoms with van der Waals surface area (Å²) >= 11 is 0. The van der Waals surface area contributed by atoms with Crippen LogP contribution >= 0.6 is 0 Å². The highest BCUT2D eigenvalue weighted by molar-refractivity contribution is 5.71. The predicted molar refractivity (Wildman–Crippen MR) is 53.9 cm³/mol. The van der Waals surface area contributed by atoms with E-state index in [1.165, 1.54) is 25.3 Å². The third kappa shape index (κ3) is 2.68. The molecule has 0 atom stereocenters. The molecule has 0 aliphatic rings. The van der Waals surface area contributed by atoms with Crippen LogP contribution in [0.2, 0.25) is 0 Å². The fourth-order valence-corrected chi connectivity index (χ4v) is 1.47. The Morgan fingerprint density at radius 1 is 1.50 bits per heavy atom. The van der Waals surface area contributed by atoms with Gasteiger partial charge in [0.15, 0.2) is 0 Å². The van der Waals surface area contributed by atoms with Crippen molar-refractivity contribution in [1.82, 2.24) is 0 Å². The molecule has 0 saturated heterocycles. The number of benzene rings is 1. The lowest BCUT2D eigenvalue weighted by Gasteiger charge is -2.17. The van der Waals surface area contributed by atoms with Gasteiger partial charge in [0.2, 0.25) is 0 Å². The minimum Gasteiger partial charge on any atom is -0.496 e. The smallest absolute Gasteiger partial charge is 0.307 e. The molecule has 0 aliphatic carbocycles. The second-order valence-corrected chi connectivity index (χ2v) is 3.46. The van der Waals surface area contributed by atoms with E-state index in [1.54, 1.807) is 0 Å². The number of ether oxygens (including phenoxy) is 1. The first-order valence-corrected chi connectivity index (χ1v) is 4.62. The van der Waals surface area contributed by atoms with Crippen molar-refractivity contribution in [2.24, 2.45) is 0 Å². The van der Waals surface area contributed by atoms with Crippen molar-refractivity contribution in [2.75, 3.05) is 7.11 Å². The van der Waals surface area contributed by atoms with Gasteiger partial charge in [-0.3, -0.25) is 4.79 Å². The van der Waals surface area contributed by atoms with Gasteiger partial charge in [-0.05, 0) is 6.07 Å². The fourth-order valence-electron chi connectivity index (χ4n) is 1.47. The summed E-state index contributed by atoms with van der Waals surface area (Å²) < 4.78 is 31.2. The van der Waals surface area contributed by atoms with Crippen LogP contribution in [0.1, 0.15) is 18.1 Å². The van der Waals surface area contributed by atoms with Gasteiger partial charge in [-0.25, -0.2) is 8.78 Å². The Labute approximate surface area is 91.7 Å². The summed E-state index contributed by atoms with van der Waals surface area (Å²) in [5, 5.41) is 8.64. The van der Waals surface area contributed by atoms with Crippen molar-refractivity contribution >= 4 is 5.97 Å². The van der Waals surface area contributed by atoms with E-state index in [2.05, 4.69) is 0 Å². The third-order valence-electron chi connectivity index (χ3n) is 2.12. The molecule has 1 aromatic carbocycles. The van der Waals surface area contributed by atoms with Crippen LogP contribution in [-0.4, -0.2) is 18.2 Å². The van der Waals surface area contributed by atoms with E-state index in [-0.39, 0.29) is 23.3 Å². The average Bonchev–Trinajstić information content (AvgIpc) is 2.15. The number of halogens is 2. The summed E-state index contributed by atoms with van der Waals surface area (Å²) in [5.74, 6) is -4.20. The molecular weight excluding hydrogens is 218 g/mol. The molecule has 1 N–H and O–H groups in total. The summed E-state index contributed by atoms with van der Waals surface area (Å²) in [4.78, 5) is 10.6. The topological polar surface area (TPSA) is 46.5 Å². The number of methoxy groups -OCH3 is 1. The monoisotopic (exact) mass is 230 g/mol. The number of hydrogen-bond acceptors (Lipinski definition) is 2. The first-order valence-electron chi connectivity index (χ1n) is 4.62. The van der Waals surface area contributed by atoms with Gasteiger partial charge in [-0.15, -0.1) is 0 Å². The highest BCUT2D eigenvalue weighted by Crippen LogP contribution is 2.36. The van der Waals surface area contributed by atoms with Gasteiger partial charge in [0.05, 0.1) is 19.1 Å². The Morgan fingerprint density at radius 2 is 2.12 bits per heavy atom. The maximum absolute atomic E-state index is 13.2. The Balaban J connectivity index is 3.26. The van der Waals surface area contributed by atoms with E-state index in [1.807, 2.05) is 0 Å². The van der Waals surface area contributed by atoms with Crippen molar-refractivity contribution in [2.45, 2.75) is 19.3 Å². The van der Waals surface area contributed by atoms with Crippen LogP contribution < -0.4 is 4.74 Å². The maximum atomic E-state index is 13.2. The van der Waals surface area contributed by atoms with E-state index >= 15 is 0 Å². The average molecular weight is 230 g/mol. The first kappa shape index (κ1) is 12.4. The summed E-state index contributed by atoms with van der Waals surface area (Å²) in [7, 11) is 1.25. The molecular formula is C11H12F2O3. The second-order valence-electron chi connectivity index (χ2n) is 3.46. The molecule has 0 amide bonds. The number of rotatable bonds is 4. The number of aliphatic carboxylic acids is 1.